The third kappa shape index (κ3) is 2.00. The summed E-state index contributed by atoms with van der Waals surface area (Å²) in [5, 5.41) is 14.6. The first-order valence-corrected chi connectivity index (χ1v) is 8.25. The van der Waals surface area contributed by atoms with Gasteiger partial charge in [0, 0.05) is 19.2 Å². The van der Waals surface area contributed by atoms with Gasteiger partial charge in [-0.2, -0.15) is 4.31 Å². The van der Waals surface area contributed by atoms with E-state index in [2.05, 4.69) is 0 Å². The van der Waals surface area contributed by atoms with Gasteiger partial charge in [0.2, 0.25) is 10.0 Å². The minimum atomic E-state index is -3.96. The zero-order valence-electron chi connectivity index (χ0n) is 8.69. The fourth-order valence-corrected chi connectivity index (χ4v) is 5.55. The number of thiophene rings is 1. The van der Waals surface area contributed by atoms with Crippen molar-refractivity contribution in [2.24, 2.45) is 5.14 Å². The molecule has 0 unspecified atom stereocenters. The number of sulfonamides is 2. The number of aliphatic hydroxyl groups excluding tert-OH is 1. The molecule has 1 aliphatic heterocycles. The van der Waals surface area contributed by atoms with E-state index in [4.69, 9.17) is 5.14 Å². The Kier molecular flexibility index (Phi) is 2.84. The summed E-state index contributed by atoms with van der Waals surface area (Å²) in [5.41, 5.74) is 0.0946. The lowest BCUT2D eigenvalue weighted by atomic mass is 10.2. The zero-order valence-corrected chi connectivity index (χ0v) is 11.1. The number of rotatable bonds is 1. The average Bonchev–Trinajstić information content (AvgIpc) is 2.59. The number of β-amino-alcohol motifs (C(OH)–C–C–N with tert-alkyl or cyclic N) is 1. The molecule has 3 N–H and O–H groups in total. The van der Waals surface area contributed by atoms with Gasteiger partial charge < -0.3 is 5.11 Å². The van der Waals surface area contributed by atoms with Crippen molar-refractivity contribution in [1.82, 2.24) is 4.31 Å². The van der Waals surface area contributed by atoms with E-state index in [1.54, 1.807) is 0 Å². The van der Waals surface area contributed by atoms with Crippen LogP contribution in [0.3, 0.4) is 0 Å². The van der Waals surface area contributed by atoms with Gasteiger partial charge in [0.05, 0.1) is 6.10 Å². The second-order valence-electron chi connectivity index (χ2n) is 3.65. The third-order valence-electron chi connectivity index (χ3n) is 2.42. The van der Waals surface area contributed by atoms with E-state index in [1.807, 2.05) is 0 Å². The lowest BCUT2D eigenvalue weighted by molar-refractivity contribution is 0.147. The van der Waals surface area contributed by atoms with Crippen LogP contribution >= 0.6 is 11.3 Å². The smallest absolute Gasteiger partial charge is 0.252 e. The first-order chi connectivity index (χ1) is 7.64. The maximum Gasteiger partial charge on any atom is 0.252 e. The molecule has 96 valence electrons. The summed E-state index contributed by atoms with van der Waals surface area (Å²) in [6.07, 6.45) is -1.04. The lowest BCUT2D eigenvalue weighted by Gasteiger charge is -2.25. The van der Waals surface area contributed by atoms with Crippen LogP contribution < -0.4 is 5.14 Å². The molecule has 10 heteroatoms. The van der Waals surface area contributed by atoms with Crippen molar-refractivity contribution in [2.45, 2.75) is 14.5 Å². The van der Waals surface area contributed by atoms with Crippen molar-refractivity contribution < 1.29 is 21.9 Å². The van der Waals surface area contributed by atoms with Crippen LogP contribution in [-0.2, 0) is 20.0 Å². The van der Waals surface area contributed by atoms with Gasteiger partial charge in [0.1, 0.15) is 8.42 Å². The van der Waals surface area contributed by atoms with E-state index in [-0.39, 0.29) is 20.5 Å². The number of primary sulfonamides is 1. The molecule has 0 saturated carbocycles. The first-order valence-electron chi connectivity index (χ1n) is 4.45. The fourth-order valence-electron chi connectivity index (χ4n) is 1.52. The van der Waals surface area contributed by atoms with Crippen LogP contribution in [0.15, 0.2) is 14.5 Å². The highest BCUT2D eigenvalue weighted by molar-refractivity contribution is 7.94. The molecule has 0 saturated heterocycles. The van der Waals surface area contributed by atoms with Gasteiger partial charge in [-0.3, -0.25) is 0 Å². The van der Waals surface area contributed by atoms with Gasteiger partial charge in [-0.1, -0.05) is 0 Å². The highest BCUT2D eigenvalue weighted by Gasteiger charge is 2.37. The van der Waals surface area contributed by atoms with E-state index < -0.39 is 26.2 Å². The molecule has 0 aromatic carbocycles. The van der Waals surface area contributed by atoms with Crippen LogP contribution in [0.5, 0.6) is 0 Å². The maximum atomic E-state index is 11.9. The number of likely N-dealkylation sites (N-methyl/N-ethyl adjacent to an activating group) is 1. The Morgan fingerprint density at radius 1 is 1.59 bits per heavy atom. The van der Waals surface area contributed by atoms with Crippen LogP contribution in [0.4, 0.5) is 0 Å². The van der Waals surface area contributed by atoms with Crippen LogP contribution in [0.1, 0.15) is 11.7 Å². The monoisotopic (exact) mass is 298 g/mol. The van der Waals surface area contributed by atoms with Crippen molar-refractivity contribution >= 4 is 31.4 Å². The molecule has 0 aliphatic carbocycles. The van der Waals surface area contributed by atoms with Crippen molar-refractivity contribution in [3.63, 3.8) is 0 Å². The van der Waals surface area contributed by atoms with Gasteiger partial charge in [-0.25, -0.2) is 22.0 Å². The number of nitrogens with two attached hydrogens (primary N) is 1. The Labute approximate surface area is 103 Å². The van der Waals surface area contributed by atoms with E-state index in [1.165, 1.54) is 7.05 Å². The van der Waals surface area contributed by atoms with Crippen LogP contribution in [0.2, 0.25) is 0 Å². The van der Waals surface area contributed by atoms with Gasteiger partial charge in [-0.05, 0) is 6.07 Å². The largest absolute Gasteiger partial charge is 0.387 e. The molecule has 0 bridgehead atoms. The summed E-state index contributed by atoms with van der Waals surface area (Å²) in [6, 6.07) is 1.12. The van der Waals surface area contributed by atoms with E-state index >= 15 is 0 Å². The highest BCUT2D eigenvalue weighted by atomic mass is 32.3. The minimum Gasteiger partial charge on any atom is -0.387 e. The molecular weight excluding hydrogens is 288 g/mol. The summed E-state index contributed by atoms with van der Waals surface area (Å²) >= 11 is 0.554. The van der Waals surface area contributed by atoms with Crippen LogP contribution in [0.25, 0.3) is 0 Å². The summed E-state index contributed by atoms with van der Waals surface area (Å²) in [6.45, 7) is -0.101. The predicted octanol–water partition coefficient (Wildman–Crippen LogP) is -0.937. The molecule has 0 fully saturated rings. The predicted molar refractivity (Wildman–Crippen MR) is 60.5 cm³/mol. The van der Waals surface area contributed by atoms with Gasteiger partial charge in [-0.15, -0.1) is 11.3 Å². The second kappa shape index (κ2) is 3.73. The normalized spacial score (nSPS) is 24.5. The summed E-state index contributed by atoms with van der Waals surface area (Å²) in [7, 11) is -6.37. The second-order valence-corrected chi connectivity index (χ2v) is 8.74. The topological polar surface area (TPSA) is 118 Å². The van der Waals surface area contributed by atoms with E-state index in [9.17, 15) is 21.9 Å². The van der Waals surface area contributed by atoms with E-state index in [0.717, 1.165) is 10.4 Å². The average molecular weight is 298 g/mol. The SMILES string of the molecule is CN1C[C@@H](O)c2cc(S(N)(=O)=O)sc2S1(=O)=O. The fraction of sp³-hybridized carbons (Fsp3) is 0.429. The molecule has 2 rings (SSSR count). The molecule has 1 atom stereocenters. The Balaban J connectivity index is 2.73. The van der Waals surface area contributed by atoms with Gasteiger partial charge >= 0.3 is 0 Å². The molecule has 0 radical (unpaired) electrons. The minimum absolute atomic E-state index is 0.0946. The first kappa shape index (κ1) is 12.9. The molecule has 0 amide bonds. The van der Waals surface area contributed by atoms with E-state index in [0.29, 0.717) is 11.3 Å². The van der Waals surface area contributed by atoms with Crippen LogP contribution in [0, 0.1) is 0 Å². The molecule has 1 aromatic heterocycles. The van der Waals surface area contributed by atoms with Gasteiger partial charge in [0.25, 0.3) is 10.0 Å². The van der Waals surface area contributed by atoms with Crippen molar-refractivity contribution in [3.8, 4) is 0 Å². The number of hydrogen-bond acceptors (Lipinski definition) is 6. The van der Waals surface area contributed by atoms with Crippen LogP contribution in [-0.4, -0.2) is 39.8 Å². The lowest BCUT2D eigenvalue weighted by Crippen LogP contribution is -2.35. The quantitative estimate of drug-likeness (QED) is 0.694. The number of hydrogen-bond donors (Lipinski definition) is 2. The Morgan fingerprint density at radius 2 is 2.18 bits per heavy atom. The number of nitrogens with zero attached hydrogens (tertiary/aromatic N) is 1. The third-order valence-corrected chi connectivity index (χ3v) is 7.34. The zero-order chi connectivity index (χ0) is 13.0. The maximum absolute atomic E-state index is 11.9. The Morgan fingerprint density at radius 3 is 2.71 bits per heavy atom. The molecule has 1 aromatic rings. The molecule has 2 heterocycles. The molecule has 17 heavy (non-hydrogen) atoms. The highest BCUT2D eigenvalue weighted by Crippen LogP contribution is 2.38. The molecule has 7 nitrogen and oxygen atoms in total. The standard InChI is InChI=1S/C7H10N2O5S3/c1-9-3-5(10)4-2-6(16(8,11)12)15-7(4)17(9,13)14/h2,5,10H,3H2,1H3,(H2,8,11,12)/t5-/m1/s1. The molecular formula is C7H10N2O5S3. The van der Waals surface area contributed by atoms with Crippen molar-refractivity contribution in [3.05, 3.63) is 11.6 Å². The number of fused-ring (bicyclic) bond motifs is 1. The summed E-state index contributed by atoms with van der Waals surface area (Å²) < 4.78 is 46.6. The number of aliphatic hydroxyl groups is 1. The summed E-state index contributed by atoms with van der Waals surface area (Å²) in [4.78, 5) is 0. The van der Waals surface area contributed by atoms with Crippen molar-refractivity contribution in [2.75, 3.05) is 13.6 Å². The molecule has 0 spiro atoms. The summed E-state index contributed by atoms with van der Waals surface area (Å²) in [5.74, 6) is 0. The Hall–Kier alpha value is -0.520. The molecule has 1 aliphatic rings. The Bertz CT molecular complexity index is 660. The van der Waals surface area contributed by atoms with Gasteiger partial charge in [0.15, 0.2) is 0 Å². The van der Waals surface area contributed by atoms with Crippen molar-refractivity contribution in [1.29, 1.82) is 0 Å².